The highest BCUT2D eigenvalue weighted by atomic mass is 16.5. The Morgan fingerprint density at radius 3 is 2.57 bits per heavy atom. The predicted octanol–water partition coefficient (Wildman–Crippen LogP) is 3.64. The van der Waals surface area contributed by atoms with Crippen LogP contribution in [0.25, 0.3) is 0 Å². The fourth-order valence-corrected chi connectivity index (χ4v) is 2.25. The normalized spacial score (nSPS) is 10.4. The summed E-state index contributed by atoms with van der Waals surface area (Å²) in [5.41, 5.74) is 2.15. The molecule has 0 bridgehead atoms. The van der Waals surface area contributed by atoms with Gasteiger partial charge in [0.2, 0.25) is 5.95 Å². The molecule has 124 valence electrons. The second-order valence-electron chi connectivity index (χ2n) is 5.67. The van der Waals surface area contributed by atoms with Gasteiger partial charge < -0.3 is 15.0 Å². The van der Waals surface area contributed by atoms with Gasteiger partial charge in [0.05, 0.1) is 7.11 Å². The number of ether oxygens (including phenoxy) is 1. The molecule has 1 aromatic carbocycles. The lowest BCUT2D eigenvalue weighted by Crippen LogP contribution is -2.21. The molecule has 0 radical (unpaired) electrons. The van der Waals surface area contributed by atoms with Gasteiger partial charge in [-0.1, -0.05) is 25.5 Å². The van der Waals surface area contributed by atoms with Crippen LogP contribution in [0, 0.1) is 6.92 Å². The number of methoxy groups -OCH3 is 1. The van der Waals surface area contributed by atoms with Gasteiger partial charge in [-0.3, -0.25) is 0 Å². The Balaban J connectivity index is 2.02. The second kappa shape index (κ2) is 8.36. The van der Waals surface area contributed by atoms with Crippen LogP contribution in [0.3, 0.4) is 0 Å². The first-order chi connectivity index (χ1) is 11.1. The first-order valence-corrected chi connectivity index (χ1v) is 8.06. The van der Waals surface area contributed by atoms with Crippen LogP contribution in [0.15, 0.2) is 30.3 Å². The molecule has 0 saturated heterocycles. The summed E-state index contributed by atoms with van der Waals surface area (Å²) in [5.74, 6) is 2.49. The molecule has 5 nitrogen and oxygen atoms in total. The fraction of sp³-hybridized carbons (Fsp3) is 0.444. The molecule has 1 heterocycles. The van der Waals surface area contributed by atoms with Crippen molar-refractivity contribution < 1.29 is 4.74 Å². The predicted molar refractivity (Wildman–Crippen MR) is 95.3 cm³/mol. The molecular formula is C18H26N4O. The number of hydrogen-bond donors (Lipinski definition) is 1. The van der Waals surface area contributed by atoms with Crippen molar-refractivity contribution in [1.29, 1.82) is 0 Å². The summed E-state index contributed by atoms with van der Waals surface area (Å²) in [5, 5.41) is 3.37. The summed E-state index contributed by atoms with van der Waals surface area (Å²) < 4.78 is 5.18. The van der Waals surface area contributed by atoms with Crippen molar-refractivity contribution >= 4 is 11.8 Å². The van der Waals surface area contributed by atoms with Crippen molar-refractivity contribution in [3.05, 3.63) is 41.6 Å². The smallest absolute Gasteiger partial charge is 0.227 e. The van der Waals surface area contributed by atoms with Crippen molar-refractivity contribution in [3.8, 4) is 5.75 Å². The first kappa shape index (κ1) is 17.1. The molecule has 23 heavy (non-hydrogen) atoms. The quantitative estimate of drug-likeness (QED) is 0.806. The highest BCUT2D eigenvalue weighted by molar-refractivity contribution is 5.44. The van der Waals surface area contributed by atoms with Crippen LogP contribution in [-0.4, -0.2) is 30.7 Å². The van der Waals surface area contributed by atoms with Gasteiger partial charge in [-0.2, -0.15) is 4.98 Å². The Morgan fingerprint density at radius 2 is 1.91 bits per heavy atom. The van der Waals surface area contributed by atoms with Crippen LogP contribution < -0.4 is 15.0 Å². The number of unbranched alkanes of at least 4 members (excludes halogenated alkanes) is 1. The van der Waals surface area contributed by atoms with Gasteiger partial charge in [0.1, 0.15) is 11.6 Å². The zero-order chi connectivity index (χ0) is 16.7. The molecule has 0 saturated carbocycles. The van der Waals surface area contributed by atoms with Gasteiger partial charge in [0.25, 0.3) is 0 Å². The SMILES string of the molecule is CCCCN(C)c1nc(C)cc(NCc2ccc(OC)cc2)n1. The van der Waals surface area contributed by atoms with Crippen LogP contribution in [0.2, 0.25) is 0 Å². The molecule has 2 rings (SSSR count). The van der Waals surface area contributed by atoms with E-state index in [0.717, 1.165) is 42.7 Å². The molecule has 0 atom stereocenters. The highest BCUT2D eigenvalue weighted by Gasteiger charge is 2.07. The van der Waals surface area contributed by atoms with E-state index in [-0.39, 0.29) is 0 Å². The number of benzene rings is 1. The topological polar surface area (TPSA) is 50.3 Å². The maximum atomic E-state index is 5.18. The summed E-state index contributed by atoms with van der Waals surface area (Å²) in [4.78, 5) is 11.2. The van der Waals surface area contributed by atoms with E-state index in [1.807, 2.05) is 44.3 Å². The van der Waals surface area contributed by atoms with Crippen molar-refractivity contribution in [1.82, 2.24) is 9.97 Å². The Labute approximate surface area is 138 Å². The van der Waals surface area contributed by atoms with Crippen molar-refractivity contribution in [2.24, 2.45) is 0 Å². The molecule has 1 N–H and O–H groups in total. The van der Waals surface area contributed by atoms with E-state index in [1.54, 1.807) is 7.11 Å². The first-order valence-electron chi connectivity index (χ1n) is 8.06. The van der Waals surface area contributed by atoms with E-state index >= 15 is 0 Å². The molecule has 0 amide bonds. The van der Waals surface area contributed by atoms with Gasteiger partial charge in [-0.05, 0) is 31.0 Å². The molecule has 0 aliphatic rings. The summed E-state index contributed by atoms with van der Waals surface area (Å²) in [7, 11) is 3.71. The second-order valence-corrected chi connectivity index (χ2v) is 5.67. The Bertz CT molecular complexity index is 613. The van der Waals surface area contributed by atoms with E-state index in [0.29, 0.717) is 0 Å². The number of rotatable bonds is 8. The van der Waals surface area contributed by atoms with Gasteiger partial charge in [0.15, 0.2) is 0 Å². The monoisotopic (exact) mass is 314 g/mol. The van der Waals surface area contributed by atoms with Crippen LogP contribution in [0.4, 0.5) is 11.8 Å². The average molecular weight is 314 g/mol. The molecule has 1 aromatic heterocycles. The summed E-state index contributed by atoms with van der Waals surface area (Å²) in [6.45, 7) is 5.88. The molecule has 0 unspecified atom stereocenters. The molecule has 0 spiro atoms. The highest BCUT2D eigenvalue weighted by Crippen LogP contribution is 2.16. The number of nitrogens with zero attached hydrogens (tertiary/aromatic N) is 3. The van der Waals surface area contributed by atoms with Gasteiger partial charge in [0, 0.05) is 31.9 Å². The van der Waals surface area contributed by atoms with Gasteiger partial charge in [-0.15, -0.1) is 0 Å². The molecule has 5 heteroatoms. The molecule has 0 fully saturated rings. The number of nitrogens with one attached hydrogen (secondary N) is 1. The Kier molecular flexibility index (Phi) is 6.20. The zero-order valence-electron chi connectivity index (χ0n) is 14.5. The maximum absolute atomic E-state index is 5.18. The molecule has 2 aromatic rings. The van der Waals surface area contributed by atoms with Gasteiger partial charge in [-0.25, -0.2) is 4.98 Å². The van der Waals surface area contributed by atoms with Crippen LogP contribution in [0.1, 0.15) is 31.0 Å². The van der Waals surface area contributed by atoms with Crippen molar-refractivity contribution in [2.75, 3.05) is 30.9 Å². The number of aryl methyl sites for hydroxylation is 1. The lowest BCUT2D eigenvalue weighted by Gasteiger charge is -2.18. The lowest BCUT2D eigenvalue weighted by molar-refractivity contribution is 0.414. The van der Waals surface area contributed by atoms with Crippen molar-refractivity contribution in [2.45, 2.75) is 33.2 Å². The van der Waals surface area contributed by atoms with Crippen molar-refractivity contribution in [3.63, 3.8) is 0 Å². The van der Waals surface area contributed by atoms with Crippen LogP contribution in [-0.2, 0) is 6.54 Å². The third-order valence-corrected chi connectivity index (χ3v) is 3.66. The Morgan fingerprint density at radius 1 is 1.17 bits per heavy atom. The summed E-state index contributed by atoms with van der Waals surface area (Å²) >= 11 is 0. The molecule has 0 aliphatic carbocycles. The van der Waals surface area contributed by atoms with E-state index in [1.165, 1.54) is 12.0 Å². The zero-order valence-corrected chi connectivity index (χ0v) is 14.5. The number of aromatic nitrogens is 2. The number of anilines is 2. The van der Waals surface area contributed by atoms with Crippen LogP contribution in [0.5, 0.6) is 5.75 Å². The van der Waals surface area contributed by atoms with Crippen LogP contribution >= 0.6 is 0 Å². The standard InChI is InChI=1S/C18H26N4O/c1-5-6-11-22(3)18-20-14(2)12-17(21-18)19-13-15-7-9-16(23-4)10-8-15/h7-10,12H,5-6,11,13H2,1-4H3,(H,19,20,21). The number of hydrogen-bond acceptors (Lipinski definition) is 5. The van der Waals surface area contributed by atoms with E-state index in [4.69, 9.17) is 4.74 Å². The minimum absolute atomic E-state index is 0.721. The van der Waals surface area contributed by atoms with Gasteiger partial charge >= 0.3 is 0 Å². The molecular weight excluding hydrogens is 288 g/mol. The summed E-state index contributed by atoms with van der Waals surface area (Å²) in [6.07, 6.45) is 2.31. The Hall–Kier alpha value is -2.30. The average Bonchev–Trinajstić information content (AvgIpc) is 2.57. The fourth-order valence-electron chi connectivity index (χ4n) is 2.25. The largest absolute Gasteiger partial charge is 0.497 e. The third kappa shape index (κ3) is 5.13. The van der Waals surface area contributed by atoms with E-state index < -0.39 is 0 Å². The van der Waals surface area contributed by atoms with E-state index in [2.05, 4.69) is 27.1 Å². The lowest BCUT2D eigenvalue weighted by atomic mass is 10.2. The van der Waals surface area contributed by atoms with E-state index in [9.17, 15) is 0 Å². The summed E-state index contributed by atoms with van der Waals surface area (Å²) in [6, 6.07) is 10.0. The minimum atomic E-state index is 0.721. The minimum Gasteiger partial charge on any atom is -0.497 e. The third-order valence-electron chi connectivity index (χ3n) is 3.66. The maximum Gasteiger partial charge on any atom is 0.227 e. The molecule has 0 aliphatic heterocycles.